The van der Waals surface area contributed by atoms with Crippen molar-refractivity contribution in [3.63, 3.8) is 0 Å². The number of hydrogen-bond acceptors (Lipinski definition) is 6. The Morgan fingerprint density at radius 2 is 1.88 bits per heavy atom. The molecule has 8 nitrogen and oxygen atoms in total. The topological polar surface area (TPSA) is 94.7 Å². The van der Waals surface area contributed by atoms with E-state index in [1.54, 1.807) is 13.0 Å². The van der Waals surface area contributed by atoms with Crippen molar-refractivity contribution in [3.05, 3.63) is 79.6 Å². The van der Waals surface area contributed by atoms with Crippen LogP contribution in [0.25, 0.3) is 10.9 Å². The molecule has 8 heteroatoms. The molecule has 2 heterocycles. The number of benzene rings is 2. The molecule has 0 unspecified atom stereocenters. The van der Waals surface area contributed by atoms with Gasteiger partial charge >= 0.3 is 5.97 Å². The van der Waals surface area contributed by atoms with E-state index >= 15 is 0 Å². The molecule has 0 atom stereocenters. The monoisotopic (exact) mass is 449 g/mol. The number of nitro groups is 1. The maximum atomic E-state index is 13.2. The number of hydrogen-bond donors (Lipinski definition) is 0. The van der Waals surface area contributed by atoms with Gasteiger partial charge in [0.25, 0.3) is 5.69 Å². The predicted molar refractivity (Wildman–Crippen MR) is 127 cm³/mol. The van der Waals surface area contributed by atoms with E-state index in [0.717, 1.165) is 12.0 Å². The van der Waals surface area contributed by atoms with E-state index in [2.05, 4.69) is 6.07 Å². The van der Waals surface area contributed by atoms with Gasteiger partial charge in [-0.25, -0.2) is 4.79 Å². The number of carbonyl (C=O) groups is 1. The highest BCUT2D eigenvalue weighted by molar-refractivity contribution is 5.96. The highest BCUT2D eigenvalue weighted by atomic mass is 16.6. The van der Waals surface area contributed by atoms with Crippen molar-refractivity contribution in [2.24, 2.45) is 0 Å². The van der Waals surface area contributed by atoms with Crippen molar-refractivity contribution >= 4 is 28.2 Å². The lowest BCUT2D eigenvalue weighted by molar-refractivity contribution is -0.384. The van der Waals surface area contributed by atoms with Crippen LogP contribution in [0.4, 0.5) is 11.4 Å². The Kier molecular flexibility index (Phi) is 5.69. The molecule has 1 aliphatic heterocycles. The molecule has 0 bridgehead atoms. The Morgan fingerprint density at radius 1 is 1.18 bits per heavy atom. The number of anilines is 1. The molecule has 3 aromatic rings. The van der Waals surface area contributed by atoms with Gasteiger partial charge in [-0.3, -0.25) is 14.9 Å². The number of pyridine rings is 1. The van der Waals surface area contributed by atoms with Gasteiger partial charge in [0.15, 0.2) is 0 Å². The summed E-state index contributed by atoms with van der Waals surface area (Å²) in [4.78, 5) is 39.2. The second-order valence-corrected chi connectivity index (χ2v) is 9.19. The maximum Gasteiger partial charge on any atom is 0.343 e. The quantitative estimate of drug-likeness (QED) is 0.333. The lowest BCUT2D eigenvalue weighted by atomic mass is 9.98. The van der Waals surface area contributed by atoms with Gasteiger partial charge in [-0.15, -0.1) is 0 Å². The summed E-state index contributed by atoms with van der Waals surface area (Å²) >= 11 is 0. The second kappa shape index (κ2) is 8.35. The SMILES string of the molecule is CCOC(=O)c1cn(C(C)(C)C)c2cc(N3CCc4ccccc4C3)c([N+](=O)[O-])cc2c1=O. The maximum absolute atomic E-state index is 13.2. The number of aromatic nitrogens is 1. The van der Waals surface area contributed by atoms with Crippen molar-refractivity contribution in [3.8, 4) is 0 Å². The van der Waals surface area contributed by atoms with E-state index in [1.807, 2.05) is 48.4 Å². The summed E-state index contributed by atoms with van der Waals surface area (Å²) in [7, 11) is 0. The van der Waals surface area contributed by atoms with E-state index in [0.29, 0.717) is 24.3 Å². The summed E-state index contributed by atoms with van der Waals surface area (Å²) in [6.45, 7) is 8.81. The number of nitro benzene ring substituents is 1. The molecule has 2 aromatic carbocycles. The molecule has 0 fully saturated rings. The molecule has 1 aromatic heterocycles. The van der Waals surface area contributed by atoms with Gasteiger partial charge in [-0.1, -0.05) is 24.3 Å². The highest BCUT2D eigenvalue weighted by Crippen LogP contribution is 2.36. The normalized spacial score (nSPS) is 13.6. The lowest BCUT2D eigenvalue weighted by Crippen LogP contribution is -2.32. The first kappa shape index (κ1) is 22.5. The van der Waals surface area contributed by atoms with E-state index in [1.165, 1.54) is 17.8 Å². The third-order valence-electron chi connectivity index (χ3n) is 5.99. The van der Waals surface area contributed by atoms with Gasteiger partial charge < -0.3 is 14.2 Å². The van der Waals surface area contributed by atoms with Crippen LogP contribution in [0.2, 0.25) is 0 Å². The minimum Gasteiger partial charge on any atom is -0.462 e. The Balaban J connectivity index is 1.97. The van der Waals surface area contributed by atoms with Crippen molar-refractivity contribution in [2.45, 2.75) is 46.2 Å². The molecular weight excluding hydrogens is 422 g/mol. The Morgan fingerprint density at radius 3 is 2.52 bits per heavy atom. The van der Waals surface area contributed by atoms with Crippen molar-refractivity contribution < 1.29 is 14.5 Å². The van der Waals surface area contributed by atoms with Gasteiger partial charge in [0.2, 0.25) is 5.43 Å². The smallest absolute Gasteiger partial charge is 0.343 e. The Labute approximate surface area is 191 Å². The summed E-state index contributed by atoms with van der Waals surface area (Å²) in [6.07, 6.45) is 2.28. The zero-order chi connectivity index (χ0) is 23.9. The average Bonchev–Trinajstić information content (AvgIpc) is 2.77. The zero-order valence-corrected chi connectivity index (χ0v) is 19.3. The number of esters is 1. The van der Waals surface area contributed by atoms with E-state index in [-0.39, 0.29) is 23.2 Å². The molecule has 0 saturated carbocycles. The molecule has 0 saturated heterocycles. The third kappa shape index (κ3) is 4.08. The van der Waals surface area contributed by atoms with Crippen molar-refractivity contribution in [2.75, 3.05) is 18.1 Å². The van der Waals surface area contributed by atoms with Crippen LogP contribution in [0.1, 0.15) is 49.2 Å². The zero-order valence-electron chi connectivity index (χ0n) is 19.3. The second-order valence-electron chi connectivity index (χ2n) is 9.19. The van der Waals surface area contributed by atoms with Crippen LogP contribution < -0.4 is 10.3 Å². The molecule has 0 aliphatic carbocycles. The van der Waals surface area contributed by atoms with Gasteiger partial charge in [-0.2, -0.15) is 0 Å². The first-order valence-corrected chi connectivity index (χ1v) is 11.0. The molecule has 33 heavy (non-hydrogen) atoms. The fourth-order valence-electron chi connectivity index (χ4n) is 4.36. The first-order chi connectivity index (χ1) is 15.6. The van der Waals surface area contributed by atoms with Gasteiger partial charge in [0, 0.05) is 30.9 Å². The van der Waals surface area contributed by atoms with Crippen LogP contribution in [0.15, 0.2) is 47.4 Å². The summed E-state index contributed by atoms with van der Waals surface area (Å²) in [5.41, 5.74) is 2.03. The standard InChI is InChI=1S/C25H27N3O5/c1-5-33-24(30)19-15-27(25(2,3)4)20-13-21(22(28(31)32)12-18(20)23(19)29)26-11-10-16-8-6-7-9-17(16)14-26/h6-9,12-13,15H,5,10-11,14H2,1-4H3. The summed E-state index contributed by atoms with van der Waals surface area (Å²) < 4.78 is 6.88. The fourth-order valence-corrected chi connectivity index (χ4v) is 4.36. The summed E-state index contributed by atoms with van der Waals surface area (Å²) in [5.74, 6) is -0.734. The lowest BCUT2D eigenvalue weighted by Gasteiger charge is -2.31. The predicted octanol–water partition coefficient (Wildman–Crippen LogP) is 4.40. The third-order valence-corrected chi connectivity index (χ3v) is 5.99. The molecule has 0 N–H and O–H groups in total. The van der Waals surface area contributed by atoms with E-state index in [4.69, 9.17) is 4.74 Å². The average molecular weight is 450 g/mol. The summed E-state index contributed by atoms with van der Waals surface area (Å²) in [6, 6.07) is 11.1. The Bertz CT molecular complexity index is 1320. The van der Waals surface area contributed by atoms with Gasteiger partial charge in [-0.05, 0) is 51.3 Å². The highest BCUT2D eigenvalue weighted by Gasteiger charge is 2.28. The number of fused-ring (bicyclic) bond motifs is 2. The van der Waals surface area contributed by atoms with E-state index < -0.39 is 21.9 Å². The molecule has 0 amide bonds. The van der Waals surface area contributed by atoms with Crippen molar-refractivity contribution in [1.82, 2.24) is 4.57 Å². The number of carbonyl (C=O) groups excluding carboxylic acids is 1. The van der Waals surface area contributed by atoms with Crippen molar-refractivity contribution in [1.29, 1.82) is 0 Å². The molecule has 0 radical (unpaired) electrons. The van der Waals surface area contributed by atoms with E-state index in [9.17, 15) is 19.7 Å². The molecule has 0 spiro atoms. The largest absolute Gasteiger partial charge is 0.462 e. The van der Waals surface area contributed by atoms with Crippen LogP contribution in [0.5, 0.6) is 0 Å². The number of ether oxygens (including phenoxy) is 1. The first-order valence-electron chi connectivity index (χ1n) is 11.0. The molecule has 1 aliphatic rings. The minimum absolute atomic E-state index is 0.126. The van der Waals surface area contributed by atoms with Crippen LogP contribution in [0.3, 0.4) is 0 Å². The number of rotatable bonds is 4. The molecule has 4 rings (SSSR count). The molecular formula is C25H27N3O5. The molecule has 172 valence electrons. The number of nitrogens with zero attached hydrogens (tertiary/aromatic N) is 3. The Hall–Kier alpha value is -3.68. The van der Waals surface area contributed by atoms with Gasteiger partial charge in [0.1, 0.15) is 11.3 Å². The fraction of sp³-hybridized carbons (Fsp3) is 0.360. The van der Waals surface area contributed by atoms with Crippen LogP contribution in [0, 0.1) is 10.1 Å². The van der Waals surface area contributed by atoms with Gasteiger partial charge in [0.05, 0.1) is 22.4 Å². The van der Waals surface area contributed by atoms with Crippen LogP contribution in [-0.2, 0) is 23.2 Å². The summed E-state index contributed by atoms with van der Waals surface area (Å²) in [5, 5.41) is 12.2. The van der Waals surface area contributed by atoms with Crippen LogP contribution in [-0.4, -0.2) is 28.6 Å². The van der Waals surface area contributed by atoms with Crippen LogP contribution >= 0.6 is 0 Å². The minimum atomic E-state index is -0.734.